The third-order valence-electron chi connectivity index (χ3n) is 3.30. The summed E-state index contributed by atoms with van der Waals surface area (Å²) in [4.78, 5) is 11.6. The van der Waals surface area contributed by atoms with E-state index in [0.717, 1.165) is 18.9 Å². The van der Waals surface area contributed by atoms with Gasteiger partial charge in [-0.3, -0.25) is 9.35 Å². The van der Waals surface area contributed by atoms with Crippen molar-refractivity contribution >= 4 is 15.9 Å². The van der Waals surface area contributed by atoms with Gasteiger partial charge < -0.3 is 0 Å². The minimum Gasteiger partial charge on any atom is -0.299 e. The fourth-order valence-corrected chi connectivity index (χ4v) is 3.01. The van der Waals surface area contributed by atoms with Gasteiger partial charge in [0.05, 0.1) is 0 Å². The molecule has 0 saturated heterocycles. The smallest absolute Gasteiger partial charge is 0.272 e. The molecule has 1 atom stereocenters. The summed E-state index contributed by atoms with van der Waals surface area (Å²) in [5.74, 6) is -0.670. The molecule has 19 heavy (non-hydrogen) atoms. The van der Waals surface area contributed by atoms with Crippen LogP contribution in [-0.2, 0) is 14.9 Å². The summed E-state index contributed by atoms with van der Waals surface area (Å²) in [6.45, 7) is 0. The first-order valence-electron chi connectivity index (χ1n) is 6.13. The zero-order valence-electron chi connectivity index (χ0n) is 10.3. The topological polar surface area (TPSA) is 71.4 Å². The number of rotatable bonds is 6. The van der Waals surface area contributed by atoms with E-state index in [1.807, 2.05) is 0 Å². The fourth-order valence-electron chi connectivity index (χ4n) is 2.08. The first-order chi connectivity index (χ1) is 8.89. The van der Waals surface area contributed by atoms with Crippen molar-refractivity contribution in [1.29, 1.82) is 0 Å². The van der Waals surface area contributed by atoms with E-state index in [9.17, 15) is 22.2 Å². The third kappa shape index (κ3) is 3.61. The Balaban J connectivity index is 2.17. The van der Waals surface area contributed by atoms with Crippen LogP contribution in [0.1, 0.15) is 36.5 Å². The predicted molar refractivity (Wildman–Crippen MR) is 67.7 cm³/mol. The highest BCUT2D eigenvalue weighted by molar-refractivity contribution is 7.86. The molecule has 1 aromatic rings. The Bertz CT molecular complexity index is 578. The summed E-state index contributed by atoms with van der Waals surface area (Å²) in [7, 11) is -4.43. The molecule has 2 rings (SSSR count). The number of carbonyl (C=O) groups excluding carboxylic acids is 1. The summed E-state index contributed by atoms with van der Waals surface area (Å²) in [6.07, 6.45) is 1.64. The van der Waals surface area contributed by atoms with Crippen LogP contribution in [0, 0.1) is 11.7 Å². The second kappa shape index (κ2) is 5.38. The first kappa shape index (κ1) is 14.1. The average Bonchev–Trinajstić information content (AvgIpc) is 3.13. The van der Waals surface area contributed by atoms with Gasteiger partial charge in [-0.25, -0.2) is 4.39 Å². The monoisotopic (exact) mass is 286 g/mol. The van der Waals surface area contributed by atoms with E-state index in [0.29, 0.717) is 0 Å². The van der Waals surface area contributed by atoms with Crippen molar-refractivity contribution in [1.82, 2.24) is 0 Å². The lowest BCUT2D eigenvalue weighted by molar-refractivity contribution is -0.120. The van der Waals surface area contributed by atoms with E-state index in [4.69, 9.17) is 0 Å². The molecule has 1 unspecified atom stereocenters. The van der Waals surface area contributed by atoms with E-state index in [2.05, 4.69) is 0 Å². The summed E-state index contributed by atoms with van der Waals surface area (Å²) in [5.41, 5.74) is -0.0893. The summed E-state index contributed by atoms with van der Waals surface area (Å²) in [6, 6.07) is 5.39. The minimum atomic E-state index is -4.43. The van der Waals surface area contributed by atoms with E-state index >= 15 is 0 Å². The number of ketones is 1. The highest BCUT2D eigenvalue weighted by Gasteiger charge is 2.32. The highest BCUT2D eigenvalue weighted by atomic mass is 32.2. The van der Waals surface area contributed by atoms with Gasteiger partial charge >= 0.3 is 0 Å². The Morgan fingerprint density at radius 2 is 2.00 bits per heavy atom. The zero-order chi connectivity index (χ0) is 14.0. The third-order valence-corrected chi connectivity index (χ3v) is 4.51. The van der Waals surface area contributed by atoms with Crippen LogP contribution in [-0.4, -0.2) is 18.8 Å². The standard InChI is InChI=1S/C13H15FO4S/c14-11-4-2-1-3-10(11)13(19(16,17)18)8-7-12(15)9-5-6-9/h1-4,9,13H,5-8H2,(H,16,17,18). The molecule has 0 aliphatic heterocycles. The lowest BCUT2D eigenvalue weighted by Crippen LogP contribution is -2.15. The van der Waals surface area contributed by atoms with E-state index in [-0.39, 0.29) is 30.1 Å². The van der Waals surface area contributed by atoms with Gasteiger partial charge in [0.2, 0.25) is 0 Å². The van der Waals surface area contributed by atoms with Crippen LogP contribution in [0.5, 0.6) is 0 Å². The second-order valence-electron chi connectivity index (χ2n) is 4.80. The van der Waals surface area contributed by atoms with Crippen LogP contribution < -0.4 is 0 Å². The Morgan fingerprint density at radius 1 is 1.37 bits per heavy atom. The predicted octanol–water partition coefficient (Wildman–Crippen LogP) is 2.51. The van der Waals surface area contributed by atoms with Crippen LogP contribution in [0.3, 0.4) is 0 Å². The van der Waals surface area contributed by atoms with Crippen molar-refractivity contribution in [2.75, 3.05) is 0 Å². The largest absolute Gasteiger partial charge is 0.299 e. The molecule has 4 nitrogen and oxygen atoms in total. The maximum Gasteiger partial charge on any atom is 0.272 e. The Morgan fingerprint density at radius 3 is 2.53 bits per heavy atom. The van der Waals surface area contributed by atoms with Gasteiger partial charge in [0.25, 0.3) is 10.1 Å². The molecule has 0 amide bonds. The maximum atomic E-state index is 13.6. The number of hydrogen-bond acceptors (Lipinski definition) is 3. The molecular formula is C13H15FO4S. The van der Waals surface area contributed by atoms with Gasteiger partial charge in [-0.05, 0) is 25.3 Å². The van der Waals surface area contributed by atoms with Crippen molar-refractivity contribution < 1.29 is 22.2 Å². The summed E-state index contributed by atoms with van der Waals surface area (Å²) in [5, 5.41) is -1.38. The van der Waals surface area contributed by atoms with E-state index < -0.39 is 21.2 Å². The Hall–Kier alpha value is -1.27. The fraction of sp³-hybridized carbons (Fsp3) is 0.462. The molecule has 0 aromatic heterocycles. The zero-order valence-corrected chi connectivity index (χ0v) is 11.1. The molecule has 1 N–H and O–H groups in total. The van der Waals surface area contributed by atoms with E-state index in [1.54, 1.807) is 0 Å². The van der Waals surface area contributed by atoms with Crippen molar-refractivity contribution in [3.63, 3.8) is 0 Å². The molecule has 1 saturated carbocycles. The molecule has 0 heterocycles. The number of hydrogen-bond donors (Lipinski definition) is 1. The molecule has 0 bridgehead atoms. The summed E-state index contributed by atoms with van der Waals surface area (Å²) >= 11 is 0. The lowest BCUT2D eigenvalue weighted by atomic mass is 10.0. The molecule has 104 valence electrons. The minimum absolute atomic E-state index is 0.00927. The molecule has 1 aliphatic rings. The Kier molecular flexibility index (Phi) is 4.01. The van der Waals surface area contributed by atoms with Gasteiger partial charge in [-0.15, -0.1) is 0 Å². The molecule has 0 spiro atoms. The summed E-state index contributed by atoms with van der Waals surface area (Å²) < 4.78 is 45.5. The van der Waals surface area contributed by atoms with Crippen molar-refractivity contribution in [3.05, 3.63) is 35.6 Å². The highest BCUT2D eigenvalue weighted by Crippen LogP contribution is 2.34. The quantitative estimate of drug-likeness (QED) is 0.816. The number of benzene rings is 1. The van der Waals surface area contributed by atoms with Gasteiger partial charge in [0.15, 0.2) is 0 Å². The van der Waals surface area contributed by atoms with Gasteiger partial charge in [0.1, 0.15) is 16.9 Å². The van der Waals surface area contributed by atoms with Gasteiger partial charge in [0, 0.05) is 17.9 Å². The lowest BCUT2D eigenvalue weighted by Gasteiger charge is -2.14. The number of Topliss-reactive ketones (excluding diaryl/α,β-unsaturated/α-hetero) is 1. The SMILES string of the molecule is O=C(CCC(c1ccccc1F)S(=O)(=O)O)C1CC1. The molecule has 1 fully saturated rings. The maximum absolute atomic E-state index is 13.6. The van der Waals surface area contributed by atoms with Crippen molar-refractivity contribution in [2.24, 2.45) is 5.92 Å². The van der Waals surface area contributed by atoms with Crippen LogP contribution in [0.25, 0.3) is 0 Å². The second-order valence-corrected chi connectivity index (χ2v) is 6.40. The van der Waals surface area contributed by atoms with Crippen molar-refractivity contribution in [3.8, 4) is 0 Å². The van der Waals surface area contributed by atoms with Crippen LogP contribution >= 0.6 is 0 Å². The normalized spacial score (nSPS) is 17.2. The molecule has 6 heteroatoms. The molecule has 1 aliphatic carbocycles. The van der Waals surface area contributed by atoms with Gasteiger partial charge in [-0.1, -0.05) is 18.2 Å². The number of halogens is 1. The molecule has 1 aromatic carbocycles. The van der Waals surface area contributed by atoms with Crippen LogP contribution in [0.2, 0.25) is 0 Å². The Labute approximate surface area is 111 Å². The number of carbonyl (C=O) groups is 1. The van der Waals surface area contributed by atoms with Crippen LogP contribution in [0.15, 0.2) is 24.3 Å². The molecule has 0 radical (unpaired) electrons. The van der Waals surface area contributed by atoms with Gasteiger partial charge in [-0.2, -0.15) is 8.42 Å². The first-order valence-corrected chi connectivity index (χ1v) is 7.63. The molecular weight excluding hydrogens is 271 g/mol. The average molecular weight is 286 g/mol. The van der Waals surface area contributed by atoms with Crippen molar-refractivity contribution in [2.45, 2.75) is 30.9 Å². The van der Waals surface area contributed by atoms with Crippen LogP contribution in [0.4, 0.5) is 4.39 Å². The van der Waals surface area contributed by atoms with E-state index in [1.165, 1.54) is 18.2 Å².